The van der Waals surface area contributed by atoms with Crippen LogP contribution in [0.1, 0.15) is 37.5 Å². The molecule has 2 aromatic rings. The van der Waals surface area contributed by atoms with Crippen LogP contribution < -0.4 is 20.3 Å². The van der Waals surface area contributed by atoms with Crippen molar-refractivity contribution in [2.75, 3.05) is 23.0 Å². The minimum atomic E-state index is -4.72. The fourth-order valence-corrected chi connectivity index (χ4v) is 4.65. The van der Waals surface area contributed by atoms with Crippen LogP contribution in [0.2, 0.25) is 0 Å². The van der Waals surface area contributed by atoms with E-state index in [1.165, 1.54) is 11.0 Å². The molecule has 11 heteroatoms. The van der Waals surface area contributed by atoms with Crippen molar-refractivity contribution in [1.29, 1.82) is 5.26 Å². The Morgan fingerprint density at radius 2 is 1.74 bits per heavy atom. The van der Waals surface area contributed by atoms with Crippen LogP contribution in [0.4, 0.5) is 24.5 Å². The van der Waals surface area contributed by atoms with E-state index in [0.717, 1.165) is 17.7 Å². The topological polar surface area (TPSA) is 106 Å². The molecule has 3 rings (SSSR count). The number of hydrogen-bond donors (Lipinski definition) is 3. The molecule has 1 aliphatic heterocycles. The molecule has 1 aliphatic rings. The molecule has 7 nitrogen and oxygen atoms in total. The van der Waals surface area contributed by atoms with Gasteiger partial charge in [-0.2, -0.15) is 18.4 Å². The zero-order valence-corrected chi connectivity index (χ0v) is 20.5. The van der Waals surface area contributed by atoms with Gasteiger partial charge in [0.15, 0.2) is 5.11 Å². The van der Waals surface area contributed by atoms with Gasteiger partial charge in [0.2, 0.25) is 0 Å². The number of anilines is 2. The van der Waals surface area contributed by atoms with Gasteiger partial charge in [0, 0.05) is 11.4 Å². The van der Waals surface area contributed by atoms with Crippen molar-refractivity contribution in [1.82, 2.24) is 0 Å². The molecule has 0 saturated carbocycles. The Kier molecular flexibility index (Phi) is 7.07. The van der Waals surface area contributed by atoms with Crippen LogP contribution in [0.3, 0.4) is 0 Å². The molecule has 4 N–H and O–H groups in total. The number of aryl methyl sites for hydroxylation is 1. The highest BCUT2D eigenvalue weighted by Gasteiger charge is 2.57. The number of aliphatic hydroxyl groups is 2. The van der Waals surface area contributed by atoms with E-state index >= 15 is 0 Å². The summed E-state index contributed by atoms with van der Waals surface area (Å²) >= 11 is 5.73. The molecular formula is C24H27F3N4O3S. The summed E-state index contributed by atoms with van der Waals surface area (Å²) in [7, 11) is 0. The molecule has 0 spiro atoms. The lowest BCUT2D eigenvalue weighted by atomic mass is 9.88. The number of nitrogens with two attached hydrogens (primary N) is 1. The SMILES string of the molecule is Cc1cc(N2C(=S)N(c3ccc(C#N)c(C(F)(F)F)c3)C(C)(N)C2(C)C)ccc1OCC(O)CO. The Balaban J connectivity index is 2.04. The van der Waals surface area contributed by atoms with E-state index in [4.69, 9.17) is 33.1 Å². The van der Waals surface area contributed by atoms with Crippen molar-refractivity contribution in [3.05, 3.63) is 53.1 Å². The molecule has 0 bridgehead atoms. The van der Waals surface area contributed by atoms with E-state index in [2.05, 4.69) is 0 Å². The Hall–Kier alpha value is -2.91. The largest absolute Gasteiger partial charge is 0.491 e. The number of hydrogen-bond acceptors (Lipinski definition) is 6. The van der Waals surface area contributed by atoms with Gasteiger partial charge >= 0.3 is 6.18 Å². The summed E-state index contributed by atoms with van der Waals surface area (Å²) in [6.07, 6.45) is -5.74. The van der Waals surface area contributed by atoms with Gasteiger partial charge in [-0.1, -0.05) is 0 Å². The van der Waals surface area contributed by atoms with Crippen molar-refractivity contribution >= 4 is 28.7 Å². The highest BCUT2D eigenvalue weighted by Crippen LogP contribution is 2.45. The molecule has 2 unspecified atom stereocenters. The van der Waals surface area contributed by atoms with Gasteiger partial charge in [0.25, 0.3) is 0 Å². The average Bonchev–Trinajstić information content (AvgIpc) is 2.91. The molecule has 1 fully saturated rings. The van der Waals surface area contributed by atoms with E-state index in [1.807, 2.05) is 13.8 Å². The Morgan fingerprint density at radius 1 is 1.14 bits per heavy atom. The third-order valence-corrected chi connectivity index (χ3v) is 6.76. The van der Waals surface area contributed by atoms with Crippen molar-refractivity contribution in [2.45, 2.75) is 51.2 Å². The minimum absolute atomic E-state index is 0.0841. The lowest BCUT2D eigenvalue weighted by Gasteiger charge is -2.41. The molecular weight excluding hydrogens is 481 g/mol. The molecule has 0 aromatic heterocycles. The predicted molar refractivity (Wildman–Crippen MR) is 130 cm³/mol. The normalized spacial score (nSPS) is 20.7. The van der Waals surface area contributed by atoms with E-state index < -0.39 is 41.2 Å². The van der Waals surface area contributed by atoms with Gasteiger partial charge in [-0.3, -0.25) is 4.90 Å². The van der Waals surface area contributed by atoms with Crippen LogP contribution in [-0.2, 0) is 6.18 Å². The minimum Gasteiger partial charge on any atom is -0.491 e. The third-order valence-electron chi connectivity index (χ3n) is 6.39. The average molecular weight is 509 g/mol. The summed E-state index contributed by atoms with van der Waals surface area (Å²) in [6, 6.07) is 10.2. The van der Waals surface area contributed by atoms with Crippen molar-refractivity contribution < 1.29 is 28.1 Å². The lowest BCUT2D eigenvalue weighted by molar-refractivity contribution is -0.137. The maximum absolute atomic E-state index is 13.6. The van der Waals surface area contributed by atoms with Gasteiger partial charge in [0.05, 0.1) is 29.3 Å². The zero-order valence-electron chi connectivity index (χ0n) is 19.7. The summed E-state index contributed by atoms with van der Waals surface area (Å²) < 4.78 is 46.4. The van der Waals surface area contributed by atoms with Crippen LogP contribution >= 0.6 is 12.2 Å². The fourth-order valence-electron chi connectivity index (χ4n) is 4.03. The van der Waals surface area contributed by atoms with Gasteiger partial charge in [0.1, 0.15) is 24.1 Å². The van der Waals surface area contributed by atoms with Gasteiger partial charge in [-0.25, -0.2) is 0 Å². The van der Waals surface area contributed by atoms with Crippen LogP contribution in [-0.4, -0.2) is 45.8 Å². The Labute approximate surface area is 207 Å². The summed E-state index contributed by atoms with van der Waals surface area (Å²) in [4.78, 5) is 3.24. The number of rotatable bonds is 6. The number of nitriles is 1. The summed E-state index contributed by atoms with van der Waals surface area (Å²) in [5.74, 6) is 0.499. The lowest BCUT2D eigenvalue weighted by Crippen LogP contribution is -2.63. The highest BCUT2D eigenvalue weighted by atomic mass is 32.1. The molecule has 0 radical (unpaired) electrons. The third kappa shape index (κ3) is 4.67. The molecule has 1 saturated heterocycles. The smallest absolute Gasteiger partial charge is 0.417 e. The molecule has 188 valence electrons. The fraction of sp³-hybridized carbons (Fsp3) is 0.417. The Bertz CT molecular complexity index is 1180. The van der Waals surface area contributed by atoms with E-state index in [-0.39, 0.29) is 17.4 Å². The molecule has 2 atom stereocenters. The van der Waals surface area contributed by atoms with Gasteiger partial charge in [-0.15, -0.1) is 0 Å². The summed E-state index contributed by atoms with van der Waals surface area (Å²) in [5.41, 5.74) is 4.58. The van der Waals surface area contributed by atoms with Crippen molar-refractivity contribution in [3.63, 3.8) is 0 Å². The van der Waals surface area contributed by atoms with Crippen molar-refractivity contribution in [3.8, 4) is 11.8 Å². The first-order valence-corrected chi connectivity index (χ1v) is 11.1. The standard InChI is InChI=1S/C24H27F3N4O3S/c1-14-9-16(7-8-20(14)34-13-18(33)12-32)30-21(35)31(23(4,29)22(30,2)3)17-6-5-15(11-28)19(10-17)24(25,26)27/h5-10,18,32-33H,12-13,29H2,1-4H3. The first kappa shape index (κ1) is 26.7. The van der Waals surface area contributed by atoms with Crippen LogP contribution in [0, 0.1) is 18.3 Å². The second-order valence-electron chi connectivity index (χ2n) is 9.10. The van der Waals surface area contributed by atoms with Gasteiger partial charge < -0.3 is 25.6 Å². The van der Waals surface area contributed by atoms with Gasteiger partial charge in [-0.05, 0) is 81.9 Å². The van der Waals surface area contributed by atoms with Crippen LogP contribution in [0.25, 0.3) is 0 Å². The van der Waals surface area contributed by atoms with E-state index in [0.29, 0.717) is 11.4 Å². The predicted octanol–water partition coefficient (Wildman–Crippen LogP) is 3.68. The maximum Gasteiger partial charge on any atom is 0.417 e. The first-order chi connectivity index (χ1) is 16.2. The molecule has 0 aliphatic carbocycles. The number of benzene rings is 2. The van der Waals surface area contributed by atoms with Crippen LogP contribution in [0.15, 0.2) is 36.4 Å². The Morgan fingerprint density at radius 3 is 2.29 bits per heavy atom. The second-order valence-corrected chi connectivity index (χ2v) is 9.46. The van der Waals surface area contributed by atoms with Crippen molar-refractivity contribution in [2.24, 2.45) is 5.73 Å². The number of thiocarbonyl (C=S) groups is 1. The monoisotopic (exact) mass is 508 g/mol. The number of halogens is 3. The molecule has 2 aromatic carbocycles. The van der Waals surface area contributed by atoms with E-state index in [9.17, 15) is 18.3 Å². The number of nitrogens with zero attached hydrogens (tertiary/aromatic N) is 3. The molecule has 0 amide bonds. The first-order valence-electron chi connectivity index (χ1n) is 10.7. The summed E-state index contributed by atoms with van der Waals surface area (Å²) in [6.45, 7) is 6.65. The number of alkyl halides is 3. The number of aliphatic hydroxyl groups excluding tert-OH is 2. The highest BCUT2D eigenvalue weighted by molar-refractivity contribution is 7.80. The second kappa shape index (κ2) is 9.28. The molecule has 1 heterocycles. The summed E-state index contributed by atoms with van der Waals surface area (Å²) in [5, 5.41) is 27.8. The number of ether oxygens (including phenoxy) is 1. The van der Waals surface area contributed by atoms with E-state index in [1.54, 1.807) is 43.0 Å². The maximum atomic E-state index is 13.6. The quantitative estimate of drug-likeness (QED) is 0.508. The molecule has 35 heavy (non-hydrogen) atoms. The zero-order chi connectivity index (χ0) is 26.3. The van der Waals surface area contributed by atoms with Crippen LogP contribution in [0.5, 0.6) is 5.75 Å².